The minimum absolute atomic E-state index is 0.0578. The molecular formula is C26H25N3O5S. The zero-order chi connectivity index (χ0) is 24.4. The molecule has 1 aromatic heterocycles. The van der Waals surface area contributed by atoms with Crippen molar-refractivity contribution in [3.05, 3.63) is 70.7 Å². The van der Waals surface area contributed by atoms with Crippen molar-refractivity contribution in [1.82, 2.24) is 9.88 Å². The Morgan fingerprint density at radius 1 is 1.03 bits per heavy atom. The maximum atomic E-state index is 13.0. The number of hydrogen-bond donors (Lipinski definition) is 2. The van der Waals surface area contributed by atoms with Gasteiger partial charge in [-0.2, -0.15) is 0 Å². The third-order valence-corrected chi connectivity index (χ3v) is 7.47. The van der Waals surface area contributed by atoms with Gasteiger partial charge in [-0.05, 0) is 35.1 Å². The molecule has 0 spiro atoms. The van der Waals surface area contributed by atoms with E-state index >= 15 is 0 Å². The fourth-order valence-corrected chi connectivity index (χ4v) is 5.66. The first-order valence-electron chi connectivity index (χ1n) is 11.6. The van der Waals surface area contributed by atoms with Crippen molar-refractivity contribution >= 4 is 34.4 Å². The predicted molar refractivity (Wildman–Crippen MR) is 132 cm³/mol. The van der Waals surface area contributed by atoms with Crippen LogP contribution in [0.3, 0.4) is 0 Å². The van der Waals surface area contributed by atoms with E-state index in [2.05, 4.69) is 22.4 Å². The molecule has 1 saturated heterocycles. The molecule has 180 valence electrons. The third kappa shape index (κ3) is 4.64. The molecule has 8 nitrogen and oxygen atoms in total. The second kappa shape index (κ2) is 9.87. The SMILES string of the molecule is O=C(Nc1ncc(C(=O)N2CCCCCC2C(=O)O)s1)OCC1c2ccccc2-c2ccccc21. The standard InChI is InChI=1S/C26H25N3O5S/c30-23(29-13-7-1-2-12-21(29)24(31)32)22-14-27-25(35-22)28-26(33)34-15-20-18-10-5-3-8-16(18)17-9-4-6-11-19(17)20/h3-6,8-11,14,20-21H,1-2,7,12-13,15H2,(H,31,32)(H,27,28,33). The number of rotatable bonds is 5. The number of aromatic nitrogens is 1. The van der Waals surface area contributed by atoms with E-state index in [0.717, 1.165) is 52.9 Å². The number of anilines is 1. The number of thiazole rings is 1. The number of carboxylic acid groups (broad SMARTS) is 1. The molecule has 0 saturated carbocycles. The molecular weight excluding hydrogens is 466 g/mol. The Kier molecular flexibility index (Phi) is 6.50. The lowest BCUT2D eigenvalue weighted by atomic mass is 9.98. The number of carbonyl (C=O) groups is 3. The van der Waals surface area contributed by atoms with Crippen LogP contribution in [0.4, 0.5) is 9.93 Å². The zero-order valence-electron chi connectivity index (χ0n) is 19.0. The molecule has 1 aliphatic carbocycles. The Balaban J connectivity index is 1.23. The Morgan fingerprint density at radius 2 is 1.71 bits per heavy atom. The van der Waals surface area contributed by atoms with Crippen molar-refractivity contribution in [3.63, 3.8) is 0 Å². The van der Waals surface area contributed by atoms with E-state index in [1.54, 1.807) is 0 Å². The quantitative estimate of drug-likeness (QED) is 0.521. The molecule has 2 N–H and O–H groups in total. The summed E-state index contributed by atoms with van der Waals surface area (Å²) in [6, 6.07) is 15.3. The highest BCUT2D eigenvalue weighted by molar-refractivity contribution is 7.17. The van der Waals surface area contributed by atoms with Crippen LogP contribution in [0.25, 0.3) is 11.1 Å². The largest absolute Gasteiger partial charge is 0.480 e. The third-order valence-electron chi connectivity index (χ3n) is 6.57. The summed E-state index contributed by atoms with van der Waals surface area (Å²) in [5.74, 6) is -1.43. The van der Waals surface area contributed by atoms with Gasteiger partial charge in [-0.1, -0.05) is 72.7 Å². The van der Waals surface area contributed by atoms with Crippen LogP contribution in [0.1, 0.15) is 52.4 Å². The minimum Gasteiger partial charge on any atom is -0.480 e. The average molecular weight is 492 g/mol. The predicted octanol–water partition coefficient (Wildman–Crippen LogP) is 4.97. The maximum absolute atomic E-state index is 13.0. The zero-order valence-corrected chi connectivity index (χ0v) is 19.8. The molecule has 35 heavy (non-hydrogen) atoms. The van der Waals surface area contributed by atoms with Crippen LogP contribution in [0.15, 0.2) is 54.7 Å². The van der Waals surface area contributed by atoms with Gasteiger partial charge in [-0.15, -0.1) is 0 Å². The van der Waals surface area contributed by atoms with Crippen LogP contribution in [-0.2, 0) is 9.53 Å². The van der Waals surface area contributed by atoms with E-state index in [4.69, 9.17) is 4.74 Å². The number of aliphatic carboxylic acids is 1. The monoisotopic (exact) mass is 491 g/mol. The number of nitrogens with zero attached hydrogens (tertiary/aromatic N) is 2. The Morgan fingerprint density at radius 3 is 2.40 bits per heavy atom. The van der Waals surface area contributed by atoms with E-state index in [0.29, 0.717) is 13.0 Å². The topological polar surface area (TPSA) is 109 Å². The molecule has 2 aromatic carbocycles. The first-order chi connectivity index (χ1) is 17.0. The number of hydrogen-bond acceptors (Lipinski definition) is 6. The van der Waals surface area contributed by atoms with Gasteiger partial charge in [0, 0.05) is 12.5 Å². The summed E-state index contributed by atoms with van der Waals surface area (Å²) in [6.45, 7) is 0.563. The van der Waals surface area contributed by atoms with E-state index in [1.165, 1.54) is 11.1 Å². The van der Waals surface area contributed by atoms with Gasteiger partial charge in [0.1, 0.15) is 17.5 Å². The molecule has 0 bridgehead atoms. The van der Waals surface area contributed by atoms with Crippen molar-refractivity contribution in [2.45, 2.75) is 37.6 Å². The fraction of sp³-hybridized carbons (Fsp3) is 0.308. The van der Waals surface area contributed by atoms with Crippen molar-refractivity contribution in [1.29, 1.82) is 0 Å². The first kappa shape index (κ1) is 23.0. The van der Waals surface area contributed by atoms with Gasteiger partial charge in [0.25, 0.3) is 5.91 Å². The summed E-state index contributed by atoms with van der Waals surface area (Å²) >= 11 is 1.01. The number of carboxylic acids is 1. The van der Waals surface area contributed by atoms with Gasteiger partial charge in [0.15, 0.2) is 5.13 Å². The van der Waals surface area contributed by atoms with E-state index < -0.39 is 18.1 Å². The van der Waals surface area contributed by atoms with Crippen LogP contribution in [0, 0.1) is 0 Å². The summed E-state index contributed by atoms with van der Waals surface area (Å²) in [7, 11) is 0. The van der Waals surface area contributed by atoms with Crippen LogP contribution in [-0.4, -0.2) is 52.2 Å². The van der Waals surface area contributed by atoms with Gasteiger partial charge in [0.05, 0.1) is 6.20 Å². The molecule has 0 radical (unpaired) electrons. The number of ether oxygens (including phenoxy) is 1. The minimum atomic E-state index is -0.998. The Bertz CT molecular complexity index is 1230. The first-order valence-corrected chi connectivity index (χ1v) is 12.5. The number of benzene rings is 2. The van der Waals surface area contributed by atoms with Gasteiger partial charge in [-0.3, -0.25) is 10.1 Å². The lowest BCUT2D eigenvalue weighted by Gasteiger charge is -2.26. The highest BCUT2D eigenvalue weighted by atomic mass is 32.1. The van der Waals surface area contributed by atoms with Crippen molar-refractivity contribution in [3.8, 4) is 11.1 Å². The normalized spacial score (nSPS) is 17.3. The molecule has 2 aliphatic rings. The number of carbonyl (C=O) groups excluding carboxylic acids is 2. The van der Waals surface area contributed by atoms with Crippen LogP contribution in [0.2, 0.25) is 0 Å². The molecule has 5 rings (SSSR count). The van der Waals surface area contributed by atoms with Crippen molar-refractivity contribution < 1.29 is 24.2 Å². The summed E-state index contributed by atoms with van der Waals surface area (Å²) < 4.78 is 5.54. The summed E-state index contributed by atoms with van der Waals surface area (Å²) in [5, 5.41) is 12.4. The van der Waals surface area contributed by atoms with E-state index in [-0.39, 0.29) is 28.4 Å². The summed E-state index contributed by atoms with van der Waals surface area (Å²) in [5.41, 5.74) is 4.53. The number of fused-ring (bicyclic) bond motifs is 3. The van der Waals surface area contributed by atoms with Gasteiger partial charge < -0.3 is 14.7 Å². The van der Waals surface area contributed by atoms with Crippen LogP contribution < -0.4 is 5.32 Å². The fourth-order valence-electron chi connectivity index (χ4n) is 4.90. The summed E-state index contributed by atoms with van der Waals surface area (Å²) in [4.78, 5) is 43.0. The number of amides is 2. The van der Waals surface area contributed by atoms with Crippen molar-refractivity contribution in [2.24, 2.45) is 0 Å². The molecule has 1 aliphatic heterocycles. The summed E-state index contributed by atoms with van der Waals surface area (Å²) in [6.07, 6.45) is 3.58. The van der Waals surface area contributed by atoms with Crippen LogP contribution in [0.5, 0.6) is 0 Å². The number of likely N-dealkylation sites (tertiary alicyclic amines) is 1. The molecule has 1 unspecified atom stereocenters. The average Bonchev–Trinajstić information content (AvgIpc) is 3.35. The van der Waals surface area contributed by atoms with Gasteiger partial charge in [0.2, 0.25) is 0 Å². The van der Waals surface area contributed by atoms with Gasteiger partial charge >= 0.3 is 12.1 Å². The van der Waals surface area contributed by atoms with E-state index in [1.807, 2.05) is 36.4 Å². The molecule has 9 heteroatoms. The highest BCUT2D eigenvalue weighted by Crippen LogP contribution is 2.44. The lowest BCUT2D eigenvalue weighted by Crippen LogP contribution is -2.44. The molecule has 1 fully saturated rings. The highest BCUT2D eigenvalue weighted by Gasteiger charge is 2.33. The van der Waals surface area contributed by atoms with Crippen molar-refractivity contribution in [2.75, 3.05) is 18.5 Å². The van der Waals surface area contributed by atoms with Crippen LogP contribution >= 0.6 is 11.3 Å². The second-order valence-electron chi connectivity index (χ2n) is 8.68. The molecule has 2 heterocycles. The van der Waals surface area contributed by atoms with E-state index in [9.17, 15) is 19.5 Å². The smallest absolute Gasteiger partial charge is 0.413 e. The Hall–Kier alpha value is -3.72. The lowest BCUT2D eigenvalue weighted by molar-refractivity contribution is -0.142. The number of nitrogens with one attached hydrogen (secondary N) is 1. The maximum Gasteiger partial charge on any atom is 0.413 e. The Labute approximate surface area is 206 Å². The van der Waals surface area contributed by atoms with Gasteiger partial charge in [-0.25, -0.2) is 14.6 Å². The molecule has 1 atom stereocenters. The molecule has 2 amide bonds. The second-order valence-corrected chi connectivity index (χ2v) is 9.71. The molecule has 3 aromatic rings.